The highest BCUT2D eigenvalue weighted by Gasteiger charge is 2.16. The lowest BCUT2D eigenvalue weighted by atomic mass is 9.89. The Morgan fingerprint density at radius 3 is 2.11 bits per heavy atom. The zero-order valence-electron chi connectivity index (χ0n) is 28.6. The van der Waals surface area contributed by atoms with Crippen molar-refractivity contribution in [2.75, 3.05) is 34.4 Å². The van der Waals surface area contributed by atoms with Gasteiger partial charge < -0.3 is 4.99 Å². The fourth-order valence-electron chi connectivity index (χ4n) is 5.97. The molecule has 0 radical (unpaired) electrons. The number of benzene rings is 4. The molecule has 0 saturated heterocycles. The number of aliphatic imine (C=N–C) groups is 2. The summed E-state index contributed by atoms with van der Waals surface area (Å²) in [6.45, 7) is 8.88. The largest absolute Gasteiger partial charge is 0.304 e. The molecule has 1 heterocycles. The van der Waals surface area contributed by atoms with E-state index in [1.807, 2.05) is 24.4 Å². The van der Waals surface area contributed by atoms with E-state index in [9.17, 15) is 0 Å². The van der Waals surface area contributed by atoms with Crippen molar-refractivity contribution in [2.45, 2.75) is 32.9 Å². The minimum absolute atomic E-state index is 0.504. The van der Waals surface area contributed by atoms with Gasteiger partial charge in [-0.15, -0.1) is 0 Å². The van der Waals surface area contributed by atoms with E-state index in [0.29, 0.717) is 5.92 Å². The van der Waals surface area contributed by atoms with Crippen LogP contribution in [0.3, 0.4) is 0 Å². The Labute approximate surface area is 283 Å². The van der Waals surface area contributed by atoms with E-state index < -0.39 is 0 Å². The van der Waals surface area contributed by atoms with Crippen LogP contribution in [0.1, 0.15) is 33.4 Å². The van der Waals surface area contributed by atoms with E-state index in [1.54, 1.807) is 7.05 Å². The molecule has 242 valence electrons. The minimum Gasteiger partial charge on any atom is -0.304 e. The molecule has 1 aliphatic carbocycles. The monoisotopic (exact) mass is 622 g/mol. The predicted molar refractivity (Wildman–Crippen MR) is 204 cm³/mol. The molecule has 1 unspecified atom stereocenters. The summed E-state index contributed by atoms with van der Waals surface area (Å²) in [5.74, 6) is 0.504. The van der Waals surface area contributed by atoms with Crippen LogP contribution in [-0.2, 0) is 25.9 Å². The molecule has 6 rings (SSSR count). The quantitative estimate of drug-likeness (QED) is 0.138. The maximum atomic E-state index is 4.41. The van der Waals surface area contributed by atoms with Crippen molar-refractivity contribution in [2.24, 2.45) is 15.9 Å². The normalized spacial score (nSPS) is 14.5. The van der Waals surface area contributed by atoms with Gasteiger partial charge in [-0.05, 0) is 85.6 Å². The average Bonchev–Trinajstić information content (AvgIpc) is 3.34. The van der Waals surface area contributed by atoms with E-state index >= 15 is 0 Å². The molecular formula is C43H50N4. The first kappa shape index (κ1) is 35.2. The van der Waals surface area contributed by atoms with E-state index in [4.69, 9.17) is 0 Å². The molecule has 0 N–H and O–H groups in total. The number of aryl methyl sites for hydroxylation is 1. The Hall–Kier alpha value is -4.64. The summed E-state index contributed by atoms with van der Waals surface area (Å²) in [6, 6.07) is 34.8. The number of rotatable bonds is 9. The molecule has 4 heteroatoms. The molecule has 0 spiro atoms. The van der Waals surface area contributed by atoms with Gasteiger partial charge in [0.05, 0.1) is 6.67 Å². The van der Waals surface area contributed by atoms with Crippen LogP contribution >= 0.6 is 0 Å². The van der Waals surface area contributed by atoms with E-state index in [1.165, 1.54) is 44.5 Å². The number of fused-ring (bicyclic) bond motifs is 1. The zero-order valence-corrected chi connectivity index (χ0v) is 28.6. The standard InChI is InChI=1S/C34H37N3.C7H8.C2H5N/c1-36(24-28-10-5-3-6-11-28)26-37(2)25-31-19-20-33(34-14-8-4-7-13-32(31)34)30-17-15-27(16-18-30)22-29-12-9-21-35-23-29;1-7-5-3-2-4-6-7;1-3-2/h3-12,14-21,29H,13,22-26H2,1-2H3;2-6H,1H3;1H2,2H3. The van der Waals surface area contributed by atoms with Gasteiger partial charge in [-0.25, -0.2) is 0 Å². The summed E-state index contributed by atoms with van der Waals surface area (Å²) in [5.41, 5.74) is 10.8. The van der Waals surface area contributed by atoms with E-state index in [-0.39, 0.29) is 0 Å². The van der Waals surface area contributed by atoms with Crippen LogP contribution in [0.2, 0.25) is 0 Å². The van der Waals surface area contributed by atoms with Gasteiger partial charge in [-0.2, -0.15) is 0 Å². The van der Waals surface area contributed by atoms with Crippen molar-refractivity contribution in [3.8, 4) is 11.1 Å². The molecule has 47 heavy (non-hydrogen) atoms. The summed E-state index contributed by atoms with van der Waals surface area (Å²) in [7, 11) is 6.05. The summed E-state index contributed by atoms with van der Waals surface area (Å²) < 4.78 is 0. The molecule has 0 fully saturated rings. The highest BCUT2D eigenvalue weighted by atomic mass is 15.3. The van der Waals surface area contributed by atoms with Gasteiger partial charge in [0, 0.05) is 38.8 Å². The molecule has 0 saturated carbocycles. The first-order chi connectivity index (χ1) is 23.0. The number of allylic oxidation sites excluding steroid dienone is 4. The second kappa shape index (κ2) is 19.1. The second-order valence-corrected chi connectivity index (χ2v) is 12.3. The van der Waals surface area contributed by atoms with Crippen LogP contribution in [0.5, 0.6) is 0 Å². The van der Waals surface area contributed by atoms with E-state index in [0.717, 1.165) is 39.1 Å². The fraction of sp³-hybridized carbons (Fsp3) is 0.256. The Bertz CT molecular complexity index is 1630. The fourth-order valence-corrected chi connectivity index (χ4v) is 5.97. The Morgan fingerprint density at radius 2 is 1.47 bits per heavy atom. The third-order valence-corrected chi connectivity index (χ3v) is 8.12. The van der Waals surface area contributed by atoms with E-state index in [2.05, 4.69) is 163 Å². The SMILES string of the molecule is C=NC.CN(Cc1ccccc1)CN(C)Cc1ccc(-c2ccc(CC3C=CC=NC3)cc2)c2c1CC=CC=C2.Cc1ccccc1. The lowest BCUT2D eigenvalue weighted by Crippen LogP contribution is -2.32. The first-order valence-corrected chi connectivity index (χ1v) is 16.5. The molecule has 0 amide bonds. The topological polar surface area (TPSA) is 31.2 Å². The summed E-state index contributed by atoms with van der Waals surface area (Å²) >= 11 is 0. The molecule has 0 aromatic heterocycles. The number of hydrogen-bond donors (Lipinski definition) is 0. The van der Waals surface area contributed by atoms with Crippen LogP contribution in [0.4, 0.5) is 0 Å². The van der Waals surface area contributed by atoms with Crippen molar-refractivity contribution in [1.29, 1.82) is 0 Å². The van der Waals surface area contributed by atoms with Crippen LogP contribution in [-0.4, -0.2) is 57.1 Å². The summed E-state index contributed by atoms with van der Waals surface area (Å²) in [6.07, 6.45) is 17.2. The van der Waals surface area contributed by atoms with Gasteiger partial charge in [0.2, 0.25) is 0 Å². The molecule has 0 bridgehead atoms. The summed E-state index contributed by atoms with van der Waals surface area (Å²) in [4.78, 5) is 12.4. The van der Waals surface area contributed by atoms with Gasteiger partial charge in [-0.3, -0.25) is 14.8 Å². The van der Waals surface area contributed by atoms with Crippen LogP contribution in [0, 0.1) is 12.8 Å². The highest BCUT2D eigenvalue weighted by Crippen LogP contribution is 2.32. The lowest BCUT2D eigenvalue weighted by molar-refractivity contribution is 0.171. The van der Waals surface area contributed by atoms with Gasteiger partial charge in [0.25, 0.3) is 0 Å². The second-order valence-electron chi connectivity index (χ2n) is 12.3. The van der Waals surface area contributed by atoms with Gasteiger partial charge >= 0.3 is 0 Å². The Balaban J connectivity index is 0.000000432. The minimum atomic E-state index is 0.504. The molecule has 1 aliphatic heterocycles. The lowest BCUT2D eigenvalue weighted by Gasteiger charge is -2.26. The smallest absolute Gasteiger partial charge is 0.0507 e. The first-order valence-electron chi connectivity index (χ1n) is 16.5. The third kappa shape index (κ3) is 11.6. The summed E-state index contributed by atoms with van der Waals surface area (Å²) in [5, 5.41) is 0. The number of dihydropyridines is 1. The van der Waals surface area contributed by atoms with Crippen molar-refractivity contribution < 1.29 is 0 Å². The maximum Gasteiger partial charge on any atom is 0.0507 e. The molecule has 2 aliphatic rings. The predicted octanol–water partition coefficient (Wildman–Crippen LogP) is 9.11. The molecular weight excluding hydrogens is 573 g/mol. The van der Waals surface area contributed by atoms with Crippen molar-refractivity contribution in [3.63, 3.8) is 0 Å². The van der Waals surface area contributed by atoms with Crippen LogP contribution in [0.25, 0.3) is 17.2 Å². The van der Waals surface area contributed by atoms with Crippen molar-refractivity contribution >= 4 is 19.0 Å². The van der Waals surface area contributed by atoms with Crippen molar-refractivity contribution in [3.05, 3.63) is 161 Å². The van der Waals surface area contributed by atoms with Crippen LogP contribution in [0.15, 0.2) is 137 Å². The highest BCUT2D eigenvalue weighted by molar-refractivity contribution is 5.79. The number of hydrogen-bond acceptors (Lipinski definition) is 4. The molecule has 4 nitrogen and oxygen atoms in total. The van der Waals surface area contributed by atoms with Gasteiger partial charge in [0.1, 0.15) is 0 Å². The number of nitrogens with zero attached hydrogens (tertiary/aromatic N) is 4. The Morgan fingerprint density at radius 1 is 0.787 bits per heavy atom. The zero-order chi connectivity index (χ0) is 33.3. The Kier molecular flexibility index (Phi) is 14.3. The molecule has 4 aromatic carbocycles. The van der Waals surface area contributed by atoms with Gasteiger partial charge in [0.15, 0.2) is 0 Å². The van der Waals surface area contributed by atoms with Gasteiger partial charge in [-0.1, -0.05) is 133 Å². The molecule has 1 atom stereocenters. The van der Waals surface area contributed by atoms with Crippen LogP contribution < -0.4 is 0 Å². The molecule has 4 aromatic rings. The third-order valence-electron chi connectivity index (χ3n) is 8.12. The van der Waals surface area contributed by atoms with Crippen molar-refractivity contribution in [1.82, 2.24) is 9.80 Å². The average molecular weight is 623 g/mol. The maximum absolute atomic E-state index is 4.41.